The van der Waals surface area contributed by atoms with Gasteiger partial charge in [-0.05, 0) is 41.5 Å². The molecule has 1 aliphatic heterocycles. The molecule has 27 heavy (non-hydrogen) atoms. The summed E-state index contributed by atoms with van der Waals surface area (Å²) in [4.78, 5) is 27.5. The Morgan fingerprint density at radius 1 is 1.11 bits per heavy atom. The molecule has 1 rings (SSSR count). The van der Waals surface area contributed by atoms with Crippen molar-refractivity contribution in [2.75, 3.05) is 32.8 Å². The van der Waals surface area contributed by atoms with Crippen LogP contribution in [0.5, 0.6) is 0 Å². The predicted octanol–water partition coefficient (Wildman–Crippen LogP) is 2.41. The number of carbonyl (C=O) groups excluding carboxylic acids is 2. The standard InChI is InChI=1S/C19H34N2O6/c1-8-9-20(16(23)26-18(2,3)4)10-14(22)11-21(12-15-13-25-15)17(24)27-19(5,6)7/h8,14-15,22H,1,9-13H2,2-7H3. The number of hydrogen-bond acceptors (Lipinski definition) is 6. The van der Waals surface area contributed by atoms with Crippen LogP contribution in [0.3, 0.4) is 0 Å². The highest BCUT2D eigenvalue weighted by molar-refractivity contribution is 5.69. The molecule has 2 unspecified atom stereocenters. The van der Waals surface area contributed by atoms with Crippen molar-refractivity contribution in [1.82, 2.24) is 9.80 Å². The molecule has 0 aromatic carbocycles. The van der Waals surface area contributed by atoms with Crippen LogP contribution in [-0.4, -0.2) is 83.3 Å². The van der Waals surface area contributed by atoms with Crippen molar-refractivity contribution in [3.63, 3.8) is 0 Å². The molecule has 1 heterocycles. The van der Waals surface area contributed by atoms with Crippen molar-refractivity contribution in [2.24, 2.45) is 0 Å². The van der Waals surface area contributed by atoms with Crippen LogP contribution in [0.15, 0.2) is 12.7 Å². The number of ether oxygens (including phenoxy) is 3. The van der Waals surface area contributed by atoms with Crippen LogP contribution in [0, 0.1) is 0 Å². The summed E-state index contributed by atoms with van der Waals surface area (Å²) in [7, 11) is 0. The first-order valence-electron chi connectivity index (χ1n) is 9.17. The quantitative estimate of drug-likeness (QED) is 0.509. The molecule has 0 radical (unpaired) electrons. The fourth-order valence-corrected chi connectivity index (χ4v) is 2.24. The molecule has 1 fully saturated rings. The molecule has 1 N–H and O–H groups in total. The van der Waals surface area contributed by atoms with Crippen molar-refractivity contribution in [3.8, 4) is 0 Å². The Kier molecular flexibility index (Phi) is 8.10. The maximum absolute atomic E-state index is 12.4. The van der Waals surface area contributed by atoms with Crippen molar-refractivity contribution >= 4 is 12.2 Å². The molecule has 0 saturated carbocycles. The molecule has 8 heteroatoms. The van der Waals surface area contributed by atoms with Gasteiger partial charge in [0.25, 0.3) is 0 Å². The van der Waals surface area contributed by atoms with Crippen LogP contribution in [0.2, 0.25) is 0 Å². The minimum atomic E-state index is -0.969. The molecule has 0 bridgehead atoms. The van der Waals surface area contributed by atoms with E-state index in [0.29, 0.717) is 13.2 Å². The molecule has 156 valence electrons. The fourth-order valence-electron chi connectivity index (χ4n) is 2.24. The first-order valence-corrected chi connectivity index (χ1v) is 9.17. The van der Waals surface area contributed by atoms with Gasteiger partial charge in [0.15, 0.2) is 0 Å². The third-order valence-electron chi connectivity index (χ3n) is 3.34. The van der Waals surface area contributed by atoms with Gasteiger partial charge >= 0.3 is 12.2 Å². The Balaban J connectivity index is 2.71. The van der Waals surface area contributed by atoms with Crippen molar-refractivity contribution in [2.45, 2.75) is 65.0 Å². The molecule has 0 aromatic rings. The van der Waals surface area contributed by atoms with Crippen molar-refractivity contribution in [1.29, 1.82) is 0 Å². The summed E-state index contributed by atoms with van der Waals surface area (Å²) < 4.78 is 15.9. The first-order chi connectivity index (χ1) is 12.3. The number of rotatable bonds is 8. The van der Waals surface area contributed by atoms with Gasteiger partial charge in [0.1, 0.15) is 11.2 Å². The van der Waals surface area contributed by atoms with Crippen LogP contribution in [0.1, 0.15) is 41.5 Å². The normalized spacial score (nSPS) is 17.7. The lowest BCUT2D eigenvalue weighted by molar-refractivity contribution is 0.00183. The average Bonchev–Trinajstić information content (AvgIpc) is 3.26. The SMILES string of the molecule is C=CCN(CC(O)CN(CC1CO1)C(=O)OC(C)(C)C)C(=O)OC(C)(C)C. The molecule has 1 saturated heterocycles. The summed E-state index contributed by atoms with van der Waals surface area (Å²) >= 11 is 0. The maximum Gasteiger partial charge on any atom is 0.410 e. The first kappa shape index (κ1) is 23.2. The summed E-state index contributed by atoms with van der Waals surface area (Å²) in [6.45, 7) is 15.4. The topological polar surface area (TPSA) is 91.8 Å². The van der Waals surface area contributed by atoms with Gasteiger partial charge in [-0.15, -0.1) is 6.58 Å². The molecule has 0 aliphatic carbocycles. The largest absolute Gasteiger partial charge is 0.444 e. The van der Waals surface area contributed by atoms with E-state index in [1.54, 1.807) is 47.6 Å². The van der Waals surface area contributed by atoms with Gasteiger partial charge in [0, 0.05) is 6.54 Å². The molecule has 1 aliphatic rings. The van der Waals surface area contributed by atoms with Crippen molar-refractivity contribution in [3.05, 3.63) is 12.7 Å². The van der Waals surface area contributed by atoms with Gasteiger partial charge in [-0.1, -0.05) is 6.08 Å². The van der Waals surface area contributed by atoms with E-state index in [-0.39, 0.29) is 25.7 Å². The number of epoxide rings is 1. The van der Waals surface area contributed by atoms with E-state index in [4.69, 9.17) is 14.2 Å². The summed E-state index contributed by atoms with van der Waals surface area (Å²) in [6, 6.07) is 0. The van der Waals surface area contributed by atoms with Gasteiger partial charge in [-0.3, -0.25) is 0 Å². The van der Waals surface area contributed by atoms with E-state index in [1.165, 1.54) is 9.80 Å². The second kappa shape index (κ2) is 9.41. The smallest absolute Gasteiger partial charge is 0.410 e. The van der Waals surface area contributed by atoms with Crippen LogP contribution in [0.25, 0.3) is 0 Å². The Morgan fingerprint density at radius 3 is 1.96 bits per heavy atom. The van der Waals surface area contributed by atoms with E-state index >= 15 is 0 Å². The lowest BCUT2D eigenvalue weighted by Gasteiger charge is -2.31. The Bertz CT molecular complexity index is 519. The average molecular weight is 386 g/mol. The summed E-state index contributed by atoms with van der Waals surface area (Å²) in [5, 5.41) is 10.5. The Hall–Kier alpha value is -1.80. The number of hydrogen-bond donors (Lipinski definition) is 1. The maximum atomic E-state index is 12.4. The van der Waals surface area contributed by atoms with Gasteiger partial charge < -0.3 is 29.1 Å². The van der Waals surface area contributed by atoms with Gasteiger partial charge in [-0.25, -0.2) is 9.59 Å². The second-order valence-corrected chi connectivity index (χ2v) is 8.67. The van der Waals surface area contributed by atoms with E-state index < -0.39 is 29.5 Å². The Morgan fingerprint density at radius 2 is 1.56 bits per heavy atom. The lowest BCUT2D eigenvalue weighted by atomic mass is 10.2. The summed E-state index contributed by atoms with van der Waals surface area (Å²) in [5.74, 6) is 0. The minimum absolute atomic E-state index is 0.00571. The number of aliphatic hydroxyl groups is 1. The molecule has 0 spiro atoms. The lowest BCUT2D eigenvalue weighted by Crippen LogP contribution is -2.47. The monoisotopic (exact) mass is 386 g/mol. The van der Waals surface area contributed by atoms with E-state index in [2.05, 4.69) is 6.58 Å². The third-order valence-corrected chi connectivity index (χ3v) is 3.34. The zero-order chi connectivity index (χ0) is 20.8. The van der Waals surface area contributed by atoms with Crippen LogP contribution < -0.4 is 0 Å². The number of aliphatic hydroxyl groups excluding tert-OH is 1. The highest BCUT2D eigenvalue weighted by Gasteiger charge is 2.32. The number of carbonyl (C=O) groups is 2. The predicted molar refractivity (Wildman–Crippen MR) is 102 cm³/mol. The van der Waals surface area contributed by atoms with Gasteiger partial charge in [0.05, 0.1) is 38.4 Å². The zero-order valence-corrected chi connectivity index (χ0v) is 17.4. The summed E-state index contributed by atoms with van der Waals surface area (Å²) in [5.41, 5.74) is -1.29. The van der Waals surface area contributed by atoms with Crippen LogP contribution >= 0.6 is 0 Å². The molecular formula is C19H34N2O6. The van der Waals surface area contributed by atoms with E-state index in [1.807, 2.05) is 0 Å². The van der Waals surface area contributed by atoms with Crippen LogP contribution in [-0.2, 0) is 14.2 Å². The second-order valence-electron chi connectivity index (χ2n) is 8.67. The molecular weight excluding hydrogens is 352 g/mol. The van der Waals surface area contributed by atoms with Gasteiger partial charge in [-0.2, -0.15) is 0 Å². The zero-order valence-electron chi connectivity index (χ0n) is 17.4. The third kappa shape index (κ3) is 10.2. The minimum Gasteiger partial charge on any atom is -0.444 e. The fraction of sp³-hybridized carbons (Fsp3) is 0.789. The number of nitrogens with zero attached hydrogens (tertiary/aromatic N) is 2. The molecule has 2 atom stereocenters. The highest BCUT2D eigenvalue weighted by Crippen LogP contribution is 2.16. The molecule has 8 nitrogen and oxygen atoms in total. The molecule has 0 aromatic heterocycles. The summed E-state index contributed by atoms with van der Waals surface area (Å²) in [6.07, 6.45) is -0.524. The van der Waals surface area contributed by atoms with Crippen molar-refractivity contribution < 1.29 is 28.9 Å². The molecule has 2 amide bonds. The highest BCUT2D eigenvalue weighted by atomic mass is 16.6. The Labute approximate surface area is 162 Å². The van der Waals surface area contributed by atoms with Gasteiger partial charge in [0.2, 0.25) is 0 Å². The van der Waals surface area contributed by atoms with E-state index in [9.17, 15) is 14.7 Å². The van der Waals surface area contributed by atoms with E-state index in [0.717, 1.165) is 0 Å². The van der Waals surface area contributed by atoms with Crippen LogP contribution in [0.4, 0.5) is 9.59 Å². The number of amides is 2.